The number of halogens is 1. The number of anilines is 1. The van der Waals surface area contributed by atoms with Crippen LogP contribution in [0.2, 0.25) is 5.02 Å². The summed E-state index contributed by atoms with van der Waals surface area (Å²) >= 11 is 7.88. The standard InChI is InChI=1S/C22H29ClN2S/c23-20-10-12-22(13-11-20)26-19-18-25(21-8-3-1-4-9-21)17-7-16-24-14-5-2-6-15-24/h1,3-4,8-13H,2,5-7,14-19H2. The van der Waals surface area contributed by atoms with E-state index in [2.05, 4.69) is 52.3 Å². The third-order valence-electron chi connectivity index (χ3n) is 4.92. The van der Waals surface area contributed by atoms with Crippen LogP contribution in [0.1, 0.15) is 25.7 Å². The number of hydrogen-bond acceptors (Lipinski definition) is 3. The van der Waals surface area contributed by atoms with Gasteiger partial charge in [-0.3, -0.25) is 0 Å². The smallest absolute Gasteiger partial charge is 0.0406 e. The van der Waals surface area contributed by atoms with E-state index < -0.39 is 0 Å². The van der Waals surface area contributed by atoms with Crippen LogP contribution in [-0.4, -0.2) is 43.4 Å². The second-order valence-electron chi connectivity index (χ2n) is 6.88. The summed E-state index contributed by atoms with van der Waals surface area (Å²) in [6.45, 7) is 6.00. The second-order valence-corrected chi connectivity index (χ2v) is 8.49. The minimum absolute atomic E-state index is 0.804. The van der Waals surface area contributed by atoms with Gasteiger partial charge in [-0.1, -0.05) is 36.2 Å². The maximum atomic E-state index is 5.98. The maximum Gasteiger partial charge on any atom is 0.0406 e. The lowest BCUT2D eigenvalue weighted by Gasteiger charge is -2.29. The summed E-state index contributed by atoms with van der Waals surface area (Å²) < 4.78 is 0. The van der Waals surface area contributed by atoms with Crippen molar-refractivity contribution in [3.8, 4) is 0 Å². The fourth-order valence-electron chi connectivity index (χ4n) is 3.48. The summed E-state index contributed by atoms with van der Waals surface area (Å²) in [6, 6.07) is 19.0. The van der Waals surface area contributed by atoms with Crippen molar-refractivity contribution >= 4 is 29.1 Å². The Morgan fingerprint density at radius 3 is 2.35 bits per heavy atom. The Bertz CT molecular complexity index is 626. The first-order valence-electron chi connectivity index (χ1n) is 9.72. The molecule has 140 valence electrons. The Hall–Kier alpha value is -1.16. The highest BCUT2D eigenvalue weighted by Gasteiger charge is 2.11. The van der Waals surface area contributed by atoms with Crippen LogP contribution < -0.4 is 4.90 Å². The van der Waals surface area contributed by atoms with Crippen LogP contribution in [0.25, 0.3) is 0 Å². The molecule has 3 rings (SSSR count). The van der Waals surface area contributed by atoms with Crippen molar-refractivity contribution < 1.29 is 0 Å². The minimum atomic E-state index is 0.804. The first-order chi connectivity index (χ1) is 12.8. The van der Waals surface area contributed by atoms with Gasteiger partial charge in [0.05, 0.1) is 0 Å². The first kappa shape index (κ1) is 19.6. The largest absolute Gasteiger partial charge is 0.371 e. The molecular formula is C22H29ClN2S. The molecule has 0 unspecified atom stereocenters. The third kappa shape index (κ3) is 6.53. The number of thioether (sulfide) groups is 1. The van der Waals surface area contributed by atoms with Crippen LogP contribution >= 0.6 is 23.4 Å². The molecule has 1 fully saturated rings. The van der Waals surface area contributed by atoms with Gasteiger partial charge in [0.25, 0.3) is 0 Å². The van der Waals surface area contributed by atoms with Gasteiger partial charge in [-0.25, -0.2) is 0 Å². The molecule has 4 heteroatoms. The summed E-state index contributed by atoms with van der Waals surface area (Å²) in [5.41, 5.74) is 1.34. The van der Waals surface area contributed by atoms with E-state index >= 15 is 0 Å². The molecule has 0 bridgehead atoms. The Morgan fingerprint density at radius 1 is 0.885 bits per heavy atom. The van der Waals surface area contributed by atoms with E-state index in [-0.39, 0.29) is 0 Å². The molecule has 2 nitrogen and oxygen atoms in total. The van der Waals surface area contributed by atoms with Gasteiger partial charge in [-0.2, -0.15) is 0 Å². The van der Waals surface area contributed by atoms with Crippen LogP contribution in [0, 0.1) is 0 Å². The topological polar surface area (TPSA) is 6.48 Å². The van der Waals surface area contributed by atoms with Crippen molar-refractivity contribution in [1.29, 1.82) is 0 Å². The van der Waals surface area contributed by atoms with Crippen LogP contribution in [0.3, 0.4) is 0 Å². The van der Waals surface area contributed by atoms with Crippen molar-refractivity contribution in [1.82, 2.24) is 4.90 Å². The Morgan fingerprint density at radius 2 is 1.62 bits per heavy atom. The van der Waals surface area contributed by atoms with Gasteiger partial charge in [-0.15, -0.1) is 11.8 Å². The van der Waals surface area contributed by atoms with Gasteiger partial charge in [0.1, 0.15) is 0 Å². The van der Waals surface area contributed by atoms with Crippen molar-refractivity contribution in [2.24, 2.45) is 0 Å². The number of piperidine rings is 1. The van der Waals surface area contributed by atoms with E-state index in [4.69, 9.17) is 11.6 Å². The fourth-order valence-corrected chi connectivity index (χ4v) is 4.48. The van der Waals surface area contributed by atoms with Crippen molar-refractivity contribution in [2.45, 2.75) is 30.6 Å². The quantitative estimate of drug-likeness (QED) is 0.500. The van der Waals surface area contributed by atoms with E-state index in [0.29, 0.717) is 0 Å². The molecule has 1 aliphatic heterocycles. The summed E-state index contributed by atoms with van der Waals surface area (Å²) in [7, 11) is 0. The zero-order chi connectivity index (χ0) is 18.0. The number of para-hydroxylation sites is 1. The lowest BCUT2D eigenvalue weighted by atomic mass is 10.1. The molecule has 26 heavy (non-hydrogen) atoms. The molecule has 0 spiro atoms. The molecular weight excluding hydrogens is 360 g/mol. The molecule has 0 N–H and O–H groups in total. The first-order valence-corrected chi connectivity index (χ1v) is 11.1. The number of likely N-dealkylation sites (tertiary alicyclic amines) is 1. The monoisotopic (exact) mass is 388 g/mol. The Labute approximate surface area is 167 Å². The number of rotatable bonds is 9. The summed E-state index contributed by atoms with van der Waals surface area (Å²) in [5, 5.41) is 0.804. The zero-order valence-electron chi connectivity index (χ0n) is 15.4. The summed E-state index contributed by atoms with van der Waals surface area (Å²) in [5.74, 6) is 1.08. The van der Waals surface area contributed by atoms with Crippen molar-refractivity contribution in [3.63, 3.8) is 0 Å². The van der Waals surface area contributed by atoms with Gasteiger partial charge in [-0.05, 0) is 75.3 Å². The molecule has 0 saturated carbocycles. The average molecular weight is 389 g/mol. The molecule has 1 heterocycles. The summed E-state index contributed by atoms with van der Waals surface area (Å²) in [6.07, 6.45) is 5.40. The van der Waals surface area contributed by atoms with Gasteiger partial charge >= 0.3 is 0 Å². The number of benzene rings is 2. The predicted molar refractivity (Wildman–Crippen MR) is 116 cm³/mol. The minimum Gasteiger partial charge on any atom is -0.371 e. The van der Waals surface area contributed by atoms with Crippen LogP contribution in [0.4, 0.5) is 5.69 Å². The van der Waals surface area contributed by atoms with E-state index in [1.165, 1.54) is 55.9 Å². The Balaban J connectivity index is 1.49. The molecule has 0 atom stereocenters. The SMILES string of the molecule is Clc1ccc(SCCN(CCCN2CCCCC2)c2ccccc2)cc1. The van der Waals surface area contributed by atoms with Gasteiger partial charge in [0.15, 0.2) is 0 Å². The number of nitrogens with zero attached hydrogens (tertiary/aromatic N) is 2. The molecule has 1 saturated heterocycles. The van der Waals surface area contributed by atoms with Crippen molar-refractivity contribution in [2.75, 3.05) is 43.4 Å². The lowest BCUT2D eigenvalue weighted by molar-refractivity contribution is 0.227. The highest BCUT2D eigenvalue weighted by molar-refractivity contribution is 7.99. The van der Waals surface area contributed by atoms with Gasteiger partial charge < -0.3 is 9.80 Å². The molecule has 0 aromatic heterocycles. The molecule has 2 aromatic carbocycles. The normalized spacial score (nSPS) is 15.1. The number of hydrogen-bond donors (Lipinski definition) is 0. The second kappa shape index (κ2) is 10.9. The highest BCUT2D eigenvalue weighted by atomic mass is 35.5. The Kier molecular flexibility index (Phi) is 8.19. The highest BCUT2D eigenvalue weighted by Crippen LogP contribution is 2.22. The molecule has 0 amide bonds. The molecule has 0 radical (unpaired) electrons. The molecule has 1 aliphatic rings. The van der Waals surface area contributed by atoms with Crippen molar-refractivity contribution in [3.05, 3.63) is 59.6 Å². The molecule has 0 aliphatic carbocycles. The lowest BCUT2D eigenvalue weighted by Crippen LogP contribution is -2.34. The maximum absolute atomic E-state index is 5.98. The van der Waals surface area contributed by atoms with E-state index in [9.17, 15) is 0 Å². The summed E-state index contributed by atoms with van der Waals surface area (Å²) in [4.78, 5) is 6.46. The van der Waals surface area contributed by atoms with E-state index in [0.717, 1.165) is 23.9 Å². The molecule has 2 aromatic rings. The van der Waals surface area contributed by atoms with E-state index in [1.807, 2.05) is 23.9 Å². The van der Waals surface area contributed by atoms with E-state index in [1.54, 1.807) is 0 Å². The predicted octanol–water partition coefficient (Wildman–Crippen LogP) is 5.81. The van der Waals surface area contributed by atoms with Crippen LogP contribution in [-0.2, 0) is 0 Å². The third-order valence-corrected chi connectivity index (χ3v) is 6.16. The van der Waals surface area contributed by atoms with Crippen LogP contribution in [0.15, 0.2) is 59.5 Å². The average Bonchev–Trinajstić information content (AvgIpc) is 2.70. The zero-order valence-corrected chi connectivity index (χ0v) is 17.0. The fraction of sp³-hybridized carbons (Fsp3) is 0.455. The van der Waals surface area contributed by atoms with Gasteiger partial charge in [0.2, 0.25) is 0 Å². The van der Waals surface area contributed by atoms with Crippen LogP contribution in [0.5, 0.6) is 0 Å². The van der Waals surface area contributed by atoms with Gasteiger partial charge in [0, 0.05) is 34.4 Å².